The molecule has 0 heterocycles. The molecule has 4 heteroatoms. The summed E-state index contributed by atoms with van der Waals surface area (Å²) in [5.41, 5.74) is 1.98. The monoisotopic (exact) mass is 292 g/mol. The molecule has 1 aromatic rings. The molecule has 0 spiro atoms. The number of carboxylic acids is 1. The minimum atomic E-state index is -0.854. The van der Waals surface area contributed by atoms with Crippen molar-refractivity contribution in [2.45, 2.75) is 51.4 Å². The van der Waals surface area contributed by atoms with Gasteiger partial charge in [-0.25, -0.2) is 0 Å². The number of hydrogen-bond acceptors (Lipinski definition) is 3. The summed E-state index contributed by atoms with van der Waals surface area (Å²) in [6.07, 6.45) is 4.29. The SMILES string of the molecule is COc1cc(C)c(C)c(C2(C(=O)O)CCCCC2)c1OC. The first-order valence-corrected chi connectivity index (χ1v) is 7.44. The normalized spacial score (nSPS) is 17.3. The molecule has 0 aromatic heterocycles. The zero-order valence-electron chi connectivity index (χ0n) is 13.3. The molecule has 1 fully saturated rings. The summed E-state index contributed by atoms with van der Waals surface area (Å²) < 4.78 is 11.0. The van der Waals surface area contributed by atoms with Crippen LogP contribution in [0, 0.1) is 13.8 Å². The number of benzene rings is 1. The van der Waals surface area contributed by atoms with Gasteiger partial charge >= 0.3 is 5.97 Å². The second-order valence-electron chi connectivity index (χ2n) is 5.88. The van der Waals surface area contributed by atoms with Gasteiger partial charge in [-0.15, -0.1) is 0 Å². The van der Waals surface area contributed by atoms with Crippen molar-refractivity contribution < 1.29 is 19.4 Å². The maximum atomic E-state index is 12.1. The third kappa shape index (κ3) is 2.47. The van der Waals surface area contributed by atoms with Gasteiger partial charge in [0.1, 0.15) is 0 Å². The van der Waals surface area contributed by atoms with E-state index in [9.17, 15) is 9.90 Å². The Kier molecular flexibility index (Phi) is 4.45. The average Bonchev–Trinajstić information content (AvgIpc) is 2.49. The predicted molar refractivity (Wildman–Crippen MR) is 81.4 cm³/mol. The highest BCUT2D eigenvalue weighted by Gasteiger charge is 2.45. The van der Waals surface area contributed by atoms with E-state index in [0.29, 0.717) is 24.3 Å². The summed E-state index contributed by atoms with van der Waals surface area (Å²) in [5, 5.41) is 9.94. The van der Waals surface area contributed by atoms with Gasteiger partial charge in [0.15, 0.2) is 11.5 Å². The molecule has 0 aliphatic heterocycles. The van der Waals surface area contributed by atoms with Gasteiger partial charge in [-0.05, 0) is 43.9 Å². The van der Waals surface area contributed by atoms with E-state index in [-0.39, 0.29) is 0 Å². The van der Waals surface area contributed by atoms with Crippen molar-refractivity contribution in [2.24, 2.45) is 0 Å². The molecule has 0 bridgehead atoms. The Morgan fingerprint density at radius 3 is 2.24 bits per heavy atom. The highest BCUT2D eigenvalue weighted by molar-refractivity contribution is 5.84. The van der Waals surface area contributed by atoms with E-state index in [0.717, 1.165) is 36.0 Å². The molecular weight excluding hydrogens is 268 g/mol. The van der Waals surface area contributed by atoms with Crippen LogP contribution in [0.2, 0.25) is 0 Å². The number of rotatable bonds is 4. The second kappa shape index (κ2) is 5.96. The zero-order valence-corrected chi connectivity index (χ0v) is 13.3. The Labute approximate surface area is 126 Å². The van der Waals surface area contributed by atoms with Crippen molar-refractivity contribution in [1.82, 2.24) is 0 Å². The summed E-state index contributed by atoms with van der Waals surface area (Å²) in [5.74, 6) is 0.433. The summed E-state index contributed by atoms with van der Waals surface area (Å²) in [6.45, 7) is 3.96. The van der Waals surface area contributed by atoms with Crippen LogP contribution in [0.15, 0.2) is 6.07 Å². The minimum Gasteiger partial charge on any atom is -0.493 e. The van der Waals surface area contributed by atoms with Crippen molar-refractivity contribution in [3.63, 3.8) is 0 Å². The lowest BCUT2D eigenvalue weighted by Gasteiger charge is -2.36. The van der Waals surface area contributed by atoms with Crippen LogP contribution in [0.4, 0.5) is 0 Å². The molecule has 116 valence electrons. The van der Waals surface area contributed by atoms with Gasteiger partial charge in [-0.3, -0.25) is 4.79 Å². The summed E-state index contributed by atoms with van der Waals surface area (Å²) in [4.78, 5) is 12.1. The lowest BCUT2D eigenvalue weighted by Crippen LogP contribution is -2.39. The standard InChI is InChI=1S/C17H24O4/c1-11-10-13(20-3)15(21-4)14(12(11)2)17(16(18)19)8-6-5-7-9-17/h10H,5-9H2,1-4H3,(H,18,19). The number of hydrogen-bond donors (Lipinski definition) is 1. The smallest absolute Gasteiger partial charge is 0.314 e. The maximum absolute atomic E-state index is 12.1. The van der Waals surface area contributed by atoms with E-state index in [1.807, 2.05) is 19.9 Å². The van der Waals surface area contributed by atoms with Gasteiger partial charge in [0.25, 0.3) is 0 Å². The van der Waals surface area contributed by atoms with Crippen LogP contribution < -0.4 is 9.47 Å². The van der Waals surface area contributed by atoms with Gasteiger partial charge in [0, 0.05) is 5.56 Å². The van der Waals surface area contributed by atoms with Crippen molar-refractivity contribution in [3.8, 4) is 11.5 Å². The molecule has 2 rings (SSSR count). The topological polar surface area (TPSA) is 55.8 Å². The molecule has 0 unspecified atom stereocenters. The molecule has 0 atom stereocenters. The van der Waals surface area contributed by atoms with Crippen molar-refractivity contribution in [2.75, 3.05) is 14.2 Å². The van der Waals surface area contributed by atoms with E-state index in [2.05, 4.69) is 0 Å². The quantitative estimate of drug-likeness (QED) is 0.921. The van der Waals surface area contributed by atoms with Gasteiger partial charge in [-0.2, -0.15) is 0 Å². The molecular formula is C17H24O4. The highest BCUT2D eigenvalue weighted by Crippen LogP contribution is 2.49. The Morgan fingerprint density at radius 2 is 1.76 bits per heavy atom. The van der Waals surface area contributed by atoms with Crippen LogP contribution in [0.25, 0.3) is 0 Å². The lowest BCUT2D eigenvalue weighted by molar-refractivity contribution is -0.145. The fourth-order valence-corrected chi connectivity index (χ4v) is 3.52. The number of carboxylic acid groups (broad SMARTS) is 1. The number of aryl methyl sites for hydroxylation is 1. The van der Waals surface area contributed by atoms with Crippen LogP contribution in [-0.2, 0) is 10.2 Å². The molecule has 0 radical (unpaired) electrons. The number of carbonyl (C=O) groups is 1. The van der Waals surface area contributed by atoms with Gasteiger partial charge in [0.05, 0.1) is 19.6 Å². The molecule has 1 aromatic carbocycles. The Morgan fingerprint density at radius 1 is 1.14 bits per heavy atom. The lowest BCUT2D eigenvalue weighted by atomic mass is 9.67. The Hall–Kier alpha value is -1.71. The van der Waals surface area contributed by atoms with Crippen LogP contribution in [-0.4, -0.2) is 25.3 Å². The molecule has 21 heavy (non-hydrogen) atoms. The number of ether oxygens (including phenoxy) is 2. The first-order chi connectivity index (χ1) is 9.97. The first kappa shape index (κ1) is 15.7. The molecule has 1 saturated carbocycles. The second-order valence-corrected chi connectivity index (χ2v) is 5.88. The van der Waals surface area contributed by atoms with E-state index < -0.39 is 11.4 Å². The first-order valence-electron chi connectivity index (χ1n) is 7.44. The number of aliphatic carboxylic acids is 1. The largest absolute Gasteiger partial charge is 0.493 e. The summed E-state index contributed by atoms with van der Waals surface area (Å²) >= 11 is 0. The summed E-state index contributed by atoms with van der Waals surface area (Å²) in [6, 6.07) is 1.91. The average molecular weight is 292 g/mol. The van der Waals surface area contributed by atoms with Crippen LogP contribution in [0.3, 0.4) is 0 Å². The van der Waals surface area contributed by atoms with Gasteiger partial charge in [-0.1, -0.05) is 19.3 Å². The van der Waals surface area contributed by atoms with Gasteiger partial charge in [0.2, 0.25) is 0 Å². The van der Waals surface area contributed by atoms with E-state index in [1.54, 1.807) is 14.2 Å². The Bertz CT molecular complexity index is 542. The van der Waals surface area contributed by atoms with Crippen LogP contribution >= 0.6 is 0 Å². The van der Waals surface area contributed by atoms with Crippen LogP contribution in [0.1, 0.15) is 48.8 Å². The molecule has 4 nitrogen and oxygen atoms in total. The fourth-order valence-electron chi connectivity index (χ4n) is 3.52. The molecule has 0 saturated heterocycles. The minimum absolute atomic E-state index is 0.574. The third-order valence-electron chi connectivity index (χ3n) is 4.78. The highest BCUT2D eigenvalue weighted by atomic mass is 16.5. The molecule has 1 aliphatic carbocycles. The molecule has 0 amide bonds. The maximum Gasteiger partial charge on any atom is 0.314 e. The third-order valence-corrected chi connectivity index (χ3v) is 4.78. The van der Waals surface area contributed by atoms with Crippen LogP contribution in [0.5, 0.6) is 11.5 Å². The van der Waals surface area contributed by atoms with E-state index >= 15 is 0 Å². The predicted octanol–water partition coefficient (Wildman–Crippen LogP) is 3.61. The zero-order chi connectivity index (χ0) is 15.6. The van der Waals surface area contributed by atoms with Crippen molar-refractivity contribution in [1.29, 1.82) is 0 Å². The fraction of sp³-hybridized carbons (Fsp3) is 0.588. The van der Waals surface area contributed by atoms with E-state index in [4.69, 9.17) is 9.47 Å². The van der Waals surface area contributed by atoms with Crippen molar-refractivity contribution >= 4 is 5.97 Å². The van der Waals surface area contributed by atoms with E-state index in [1.165, 1.54) is 0 Å². The number of methoxy groups -OCH3 is 2. The molecule has 1 N–H and O–H groups in total. The Balaban J connectivity index is 2.75. The molecule has 1 aliphatic rings. The summed E-state index contributed by atoms with van der Waals surface area (Å²) in [7, 11) is 3.17. The van der Waals surface area contributed by atoms with Crippen molar-refractivity contribution in [3.05, 3.63) is 22.8 Å². The van der Waals surface area contributed by atoms with Gasteiger partial charge < -0.3 is 14.6 Å².